The van der Waals surface area contributed by atoms with Gasteiger partial charge >= 0.3 is 0 Å². The Kier molecular flexibility index (Phi) is 2.93. The molecule has 1 amide bonds. The second kappa shape index (κ2) is 4.39. The SMILES string of the molecule is Cc1n[nH]c(C)c1C(=O)Nc1sccc1C#N. The third kappa shape index (κ3) is 2.05. The zero-order valence-corrected chi connectivity index (χ0v) is 10.2. The number of anilines is 1. The van der Waals surface area contributed by atoms with Crippen molar-refractivity contribution in [1.82, 2.24) is 10.2 Å². The maximum absolute atomic E-state index is 12.0. The van der Waals surface area contributed by atoms with Gasteiger partial charge in [-0.2, -0.15) is 10.4 Å². The maximum Gasteiger partial charge on any atom is 0.260 e. The molecule has 0 aliphatic heterocycles. The number of H-pyrrole nitrogens is 1. The Morgan fingerprint density at radius 1 is 1.59 bits per heavy atom. The van der Waals surface area contributed by atoms with E-state index >= 15 is 0 Å². The van der Waals surface area contributed by atoms with E-state index in [2.05, 4.69) is 15.5 Å². The summed E-state index contributed by atoms with van der Waals surface area (Å²) in [6.07, 6.45) is 0. The summed E-state index contributed by atoms with van der Waals surface area (Å²) in [4.78, 5) is 12.0. The van der Waals surface area contributed by atoms with Gasteiger partial charge in [0.2, 0.25) is 0 Å². The molecule has 0 spiro atoms. The van der Waals surface area contributed by atoms with Gasteiger partial charge < -0.3 is 5.32 Å². The second-order valence-electron chi connectivity index (χ2n) is 3.54. The highest BCUT2D eigenvalue weighted by Crippen LogP contribution is 2.23. The lowest BCUT2D eigenvalue weighted by Crippen LogP contribution is -2.13. The van der Waals surface area contributed by atoms with Gasteiger partial charge in [-0.1, -0.05) is 0 Å². The van der Waals surface area contributed by atoms with Crippen LogP contribution in [0.1, 0.15) is 27.3 Å². The fourth-order valence-corrected chi connectivity index (χ4v) is 2.28. The number of rotatable bonds is 2. The molecule has 0 bridgehead atoms. The average Bonchev–Trinajstić information content (AvgIpc) is 2.85. The molecular weight excluding hydrogens is 236 g/mol. The van der Waals surface area contributed by atoms with Crippen LogP contribution in [-0.4, -0.2) is 16.1 Å². The van der Waals surface area contributed by atoms with Crippen molar-refractivity contribution in [2.75, 3.05) is 5.32 Å². The summed E-state index contributed by atoms with van der Waals surface area (Å²) >= 11 is 1.33. The van der Waals surface area contributed by atoms with E-state index in [-0.39, 0.29) is 5.91 Å². The number of nitriles is 1. The van der Waals surface area contributed by atoms with Crippen molar-refractivity contribution in [2.45, 2.75) is 13.8 Å². The van der Waals surface area contributed by atoms with Gasteiger partial charge in [0.15, 0.2) is 0 Å². The van der Waals surface area contributed by atoms with Gasteiger partial charge in [-0.15, -0.1) is 11.3 Å². The maximum atomic E-state index is 12.0. The molecule has 86 valence electrons. The number of amides is 1. The van der Waals surface area contributed by atoms with Crippen LogP contribution in [0, 0.1) is 25.2 Å². The van der Waals surface area contributed by atoms with E-state index in [4.69, 9.17) is 5.26 Å². The van der Waals surface area contributed by atoms with Crippen LogP contribution in [0.15, 0.2) is 11.4 Å². The Hall–Kier alpha value is -2.13. The summed E-state index contributed by atoms with van der Waals surface area (Å²) in [5.74, 6) is -0.243. The molecule has 2 aromatic heterocycles. The number of hydrogen-bond acceptors (Lipinski definition) is 4. The molecular formula is C11H10N4OS. The Balaban J connectivity index is 2.27. The lowest BCUT2D eigenvalue weighted by molar-refractivity contribution is 0.102. The number of aromatic amines is 1. The molecule has 2 aromatic rings. The molecule has 2 heterocycles. The molecule has 0 aliphatic carbocycles. The van der Waals surface area contributed by atoms with E-state index in [1.165, 1.54) is 11.3 Å². The van der Waals surface area contributed by atoms with Crippen LogP contribution in [0.2, 0.25) is 0 Å². The van der Waals surface area contributed by atoms with Crippen molar-refractivity contribution in [2.24, 2.45) is 0 Å². The molecule has 5 nitrogen and oxygen atoms in total. The van der Waals surface area contributed by atoms with Gasteiger partial charge in [-0.3, -0.25) is 9.89 Å². The third-order valence-corrected chi connectivity index (χ3v) is 3.20. The van der Waals surface area contributed by atoms with Crippen LogP contribution in [0.25, 0.3) is 0 Å². The van der Waals surface area contributed by atoms with Crippen molar-refractivity contribution < 1.29 is 4.79 Å². The van der Waals surface area contributed by atoms with Gasteiger partial charge in [0.1, 0.15) is 11.1 Å². The van der Waals surface area contributed by atoms with Crippen LogP contribution < -0.4 is 5.32 Å². The summed E-state index contributed by atoms with van der Waals surface area (Å²) in [7, 11) is 0. The molecule has 6 heteroatoms. The van der Waals surface area contributed by atoms with Crippen molar-refractivity contribution in [3.05, 3.63) is 34.0 Å². The fraction of sp³-hybridized carbons (Fsp3) is 0.182. The minimum Gasteiger partial charge on any atom is -0.312 e. The number of hydrogen-bond donors (Lipinski definition) is 2. The Labute approximate surface area is 102 Å². The standard InChI is InChI=1S/C11H10N4OS/c1-6-9(7(2)15-14-6)10(16)13-11-8(5-12)3-4-17-11/h3-4H,1-2H3,(H,13,16)(H,14,15). The second-order valence-corrected chi connectivity index (χ2v) is 4.45. The fourth-order valence-electron chi connectivity index (χ4n) is 1.55. The van der Waals surface area contributed by atoms with E-state index in [0.29, 0.717) is 21.8 Å². The minimum atomic E-state index is -0.243. The van der Waals surface area contributed by atoms with Gasteiger partial charge in [-0.05, 0) is 25.3 Å². The van der Waals surface area contributed by atoms with E-state index in [1.54, 1.807) is 25.3 Å². The molecule has 0 saturated carbocycles. The quantitative estimate of drug-likeness (QED) is 0.852. The highest BCUT2D eigenvalue weighted by atomic mass is 32.1. The van der Waals surface area contributed by atoms with Crippen molar-refractivity contribution >= 4 is 22.2 Å². The number of carbonyl (C=O) groups excluding carboxylic acids is 1. The van der Waals surface area contributed by atoms with Crippen LogP contribution in [-0.2, 0) is 0 Å². The number of aryl methyl sites for hydroxylation is 2. The zero-order chi connectivity index (χ0) is 12.4. The molecule has 2 rings (SSSR count). The number of nitrogens with one attached hydrogen (secondary N) is 2. The van der Waals surface area contributed by atoms with Crippen LogP contribution in [0.5, 0.6) is 0 Å². The van der Waals surface area contributed by atoms with Gasteiger partial charge in [0.05, 0.1) is 16.8 Å². The normalized spacial score (nSPS) is 9.94. The predicted molar refractivity (Wildman–Crippen MR) is 65.0 cm³/mol. The number of thiophene rings is 1. The lowest BCUT2D eigenvalue weighted by Gasteiger charge is -2.02. The summed E-state index contributed by atoms with van der Waals surface area (Å²) in [5.41, 5.74) is 2.37. The number of aromatic nitrogens is 2. The third-order valence-electron chi connectivity index (χ3n) is 2.37. The van der Waals surface area contributed by atoms with Gasteiger partial charge in [-0.25, -0.2) is 0 Å². The first-order valence-electron chi connectivity index (χ1n) is 4.94. The molecule has 0 aliphatic rings. The topological polar surface area (TPSA) is 81.6 Å². The van der Waals surface area contributed by atoms with E-state index in [9.17, 15) is 4.79 Å². The van der Waals surface area contributed by atoms with Crippen molar-refractivity contribution in [1.29, 1.82) is 5.26 Å². The first-order valence-corrected chi connectivity index (χ1v) is 5.82. The molecule has 0 fully saturated rings. The molecule has 0 atom stereocenters. The van der Waals surface area contributed by atoms with Crippen molar-refractivity contribution in [3.63, 3.8) is 0 Å². The zero-order valence-electron chi connectivity index (χ0n) is 9.37. The van der Waals surface area contributed by atoms with E-state index in [1.807, 2.05) is 6.07 Å². The first-order chi connectivity index (χ1) is 8.13. The average molecular weight is 246 g/mol. The van der Waals surface area contributed by atoms with Gasteiger partial charge in [0.25, 0.3) is 5.91 Å². The smallest absolute Gasteiger partial charge is 0.260 e. The highest BCUT2D eigenvalue weighted by Gasteiger charge is 2.16. The molecule has 0 radical (unpaired) electrons. The summed E-state index contributed by atoms with van der Waals surface area (Å²) in [6, 6.07) is 3.70. The van der Waals surface area contributed by atoms with E-state index < -0.39 is 0 Å². The van der Waals surface area contributed by atoms with Crippen LogP contribution in [0.3, 0.4) is 0 Å². The monoisotopic (exact) mass is 246 g/mol. The summed E-state index contributed by atoms with van der Waals surface area (Å²) in [5, 5.41) is 20.6. The van der Waals surface area contributed by atoms with Gasteiger partial charge in [0, 0.05) is 5.69 Å². The van der Waals surface area contributed by atoms with E-state index in [0.717, 1.165) is 5.69 Å². The number of nitrogens with zero attached hydrogens (tertiary/aromatic N) is 2. The molecule has 2 N–H and O–H groups in total. The summed E-state index contributed by atoms with van der Waals surface area (Å²) in [6.45, 7) is 3.55. The highest BCUT2D eigenvalue weighted by molar-refractivity contribution is 7.14. The Bertz CT molecular complexity index is 586. The summed E-state index contributed by atoms with van der Waals surface area (Å²) < 4.78 is 0. The largest absolute Gasteiger partial charge is 0.312 e. The minimum absolute atomic E-state index is 0.243. The van der Waals surface area contributed by atoms with Crippen LogP contribution in [0.4, 0.5) is 5.00 Å². The Morgan fingerprint density at radius 3 is 2.94 bits per heavy atom. The molecule has 0 aromatic carbocycles. The molecule has 0 unspecified atom stereocenters. The first kappa shape index (κ1) is 11.4. The van der Waals surface area contributed by atoms with Crippen LogP contribution >= 0.6 is 11.3 Å². The molecule has 17 heavy (non-hydrogen) atoms. The van der Waals surface area contributed by atoms with Crippen molar-refractivity contribution in [3.8, 4) is 6.07 Å². The predicted octanol–water partition coefficient (Wildman–Crippen LogP) is 2.21. The lowest BCUT2D eigenvalue weighted by atomic mass is 10.2. The molecule has 0 saturated heterocycles. The number of carbonyl (C=O) groups is 1. The Morgan fingerprint density at radius 2 is 2.35 bits per heavy atom.